The first kappa shape index (κ1) is 14.4. The maximum atomic E-state index is 5.69. The summed E-state index contributed by atoms with van der Waals surface area (Å²) in [5.74, 6) is 0.987. The number of ether oxygens (including phenoxy) is 1. The molecule has 0 spiro atoms. The van der Waals surface area contributed by atoms with Crippen molar-refractivity contribution in [3.05, 3.63) is 59.8 Å². The first-order valence-electron chi connectivity index (χ1n) is 7.97. The van der Waals surface area contributed by atoms with Crippen LogP contribution in [0.1, 0.15) is 23.1 Å². The Labute approximate surface area is 135 Å². The van der Waals surface area contributed by atoms with Crippen molar-refractivity contribution in [3.8, 4) is 0 Å². The highest BCUT2D eigenvalue weighted by Gasteiger charge is 2.27. The van der Waals surface area contributed by atoms with E-state index in [1.165, 1.54) is 10.9 Å². The van der Waals surface area contributed by atoms with Crippen LogP contribution in [-0.2, 0) is 11.3 Å². The van der Waals surface area contributed by atoms with Gasteiger partial charge in [-0.05, 0) is 24.6 Å². The molecule has 23 heavy (non-hydrogen) atoms. The summed E-state index contributed by atoms with van der Waals surface area (Å²) in [6.45, 7) is 5.24. The summed E-state index contributed by atoms with van der Waals surface area (Å²) in [5.41, 5.74) is 3.43. The second-order valence-electron chi connectivity index (χ2n) is 6.00. The van der Waals surface area contributed by atoms with E-state index >= 15 is 0 Å². The molecule has 3 heterocycles. The normalized spacial score (nSPS) is 19.3. The van der Waals surface area contributed by atoms with E-state index in [1.807, 2.05) is 25.4 Å². The first-order chi connectivity index (χ1) is 11.3. The smallest absolute Gasteiger partial charge is 0.126 e. The maximum Gasteiger partial charge on any atom is 0.126 e. The molecular weight excluding hydrogens is 288 g/mol. The first-order valence-corrected chi connectivity index (χ1v) is 7.97. The second-order valence-corrected chi connectivity index (χ2v) is 6.00. The standard InChI is InChI=1S/C18H20N4O/c1-13-10-20-18(21-13)17-12-23-9-8-22(17)11-14-6-7-19-16-5-3-2-4-15(14)16/h2-7,10,17H,8-9,11-12H2,1H3,(H,20,21). The number of benzene rings is 1. The Kier molecular flexibility index (Phi) is 3.81. The largest absolute Gasteiger partial charge is 0.378 e. The van der Waals surface area contributed by atoms with Gasteiger partial charge in [0.25, 0.3) is 0 Å². The number of pyridine rings is 1. The zero-order valence-corrected chi connectivity index (χ0v) is 13.2. The summed E-state index contributed by atoms with van der Waals surface area (Å²) in [4.78, 5) is 14.7. The van der Waals surface area contributed by atoms with Crippen molar-refractivity contribution in [2.45, 2.75) is 19.5 Å². The highest BCUT2D eigenvalue weighted by Crippen LogP contribution is 2.26. The van der Waals surface area contributed by atoms with E-state index in [2.05, 4.69) is 44.1 Å². The van der Waals surface area contributed by atoms with Gasteiger partial charge in [-0.25, -0.2) is 4.98 Å². The number of aromatic amines is 1. The SMILES string of the molecule is Cc1cnc(C2COCCN2Cc2ccnc3ccccc23)[nH]1. The zero-order chi connectivity index (χ0) is 15.6. The number of hydrogen-bond donors (Lipinski definition) is 1. The number of morpholine rings is 1. The fourth-order valence-corrected chi connectivity index (χ4v) is 3.19. The minimum absolute atomic E-state index is 0.171. The Hall–Kier alpha value is -2.24. The molecule has 0 saturated carbocycles. The van der Waals surface area contributed by atoms with Crippen LogP contribution in [0.15, 0.2) is 42.7 Å². The third-order valence-electron chi connectivity index (χ3n) is 4.39. The van der Waals surface area contributed by atoms with Crippen molar-refractivity contribution in [2.75, 3.05) is 19.8 Å². The number of nitrogens with zero attached hydrogens (tertiary/aromatic N) is 3. The Morgan fingerprint density at radius 3 is 3.04 bits per heavy atom. The summed E-state index contributed by atoms with van der Waals surface area (Å²) in [6.07, 6.45) is 3.77. The molecular formula is C18H20N4O. The molecule has 3 aromatic rings. The molecule has 1 aliphatic rings. The van der Waals surface area contributed by atoms with E-state index in [0.717, 1.165) is 36.7 Å². The molecule has 2 aromatic heterocycles. The fourth-order valence-electron chi connectivity index (χ4n) is 3.19. The summed E-state index contributed by atoms with van der Waals surface area (Å²) in [5, 5.41) is 1.22. The number of aryl methyl sites for hydroxylation is 1. The molecule has 0 amide bonds. The lowest BCUT2D eigenvalue weighted by Crippen LogP contribution is -2.39. The van der Waals surface area contributed by atoms with Crippen molar-refractivity contribution < 1.29 is 4.74 Å². The lowest BCUT2D eigenvalue weighted by Gasteiger charge is -2.34. The number of H-pyrrole nitrogens is 1. The molecule has 1 N–H and O–H groups in total. The Bertz CT molecular complexity index is 808. The quantitative estimate of drug-likeness (QED) is 0.808. The zero-order valence-electron chi connectivity index (χ0n) is 13.2. The van der Waals surface area contributed by atoms with Crippen LogP contribution in [-0.4, -0.2) is 39.6 Å². The van der Waals surface area contributed by atoms with Crippen molar-refractivity contribution in [1.82, 2.24) is 19.9 Å². The number of rotatable bonds is 3. The van der Waals surface area contributed by atoms with Gasteiger partial charge < -0.3 is 9.72 Å². The minimum atomic E-state index is 0.171. The molecule has 1 aliphatic heterocycles. The van der Waals surface area contributed by atoms with Gasteiger partial charge in [0.2, 0.25) is 0 Å². The van der Waals surface area contributed by atoms with E-state index in [1.54, 1.807) is 0 Å². The topological polar surface area (TPSA) is 54.0 Å². The molecule has 118 valence electrons. The Morgan fingerprint density at radius 1 is 1.26 bits per heavy atom. The van der Waals surface area contributed by atoms with Gasteiger partial charge in [-0.1, -0.05) is 18.2 Å². The molecule has 5 nitrogen and oxygen atoms in total. The Balaban J connectivity index is 1.65. The van der Waals surface area contributed by atoms with Gasteiger partial charge >= 0.3 is 0 Å². The average Bonchev–Trinajstić information content (AvgIpc) is 3.02. The van der Waals surface area contributed by atoms with Crippen LogP contribution in [0.3, 0.4) is 0 Å². The van der Waals surface area contributed by atoms with Gasteiger partial charge in [-0.15, -0.1) is 0 Å². The molecule has 5 heteroatoms. The number of fused-ring (bicyclic) bond motifs is 1. The average molecular weight is 308 g/mol. The van der Waals surface area contributed by atoms with Crippen molar-refractivity contribution >= 4 is 10.9 Å². The van der Waals surface area contributed by atoms with E-state index in [9.17, 15) is 0 Å². The van der Waals surface area contributed by atoms with Gasteiger partial charge in [0.1, 0.15) is 5.82 Å². The van der Waals surface area contributed by atoms with Gasteiger partial charge in [-0.2, -0.15) is 0 Å². The van der Waals surface area contributed by atoms with Crippen LogP contribution in [0.25, 0.3) is 10.9 Å². The lowest BCUT2D eigenvalue weighted by molar-refractivity contribution is -0.0154. The van der Waals surface area contributed by atoms with E-state index in [4.69, 9.17) is 4.74 Å². The molecule has 1 atom stereocenters. The summed E-state index contributed by atoms with van der Waals surface area (Å²) in [7, 11) is 0. The van der Waals surface area contributed by atoms with Crippen molar-refractivity contribution in [1.29, 1.82) is 0 Å². The van der Waals surface area contributed by atoms with Crippen LogP contribution < -0.4 is 0 Å². The van der Waals surface area contributed by atoms with Gasteiger partial charge in [0.15, 0.2) is 0 Å². The highest BCUT2D eigenvalue weighted by molar-refractivity contribution is 5.81. The Morgan fingerprint density at radius 2 is 2.17 bits per heavy atom. The predicted octanol–water partition coefficient (Wildman–Crippen LogP) is 2.84. The van der Waals surface area contributed by atoms with E-state index in [-0.39, 0.29) is 6.04 Å². The second kappa shape index (κ2) is 6.10. The molecule has 1 fully saturated rings. The number of imidazole rings is 1. The monoisotopic (exact) mass is 308 g/mol. The van der Waals surface area contributed by atoms with Gasteiger partial charge in [0, 0.05) is 36.6 Å². The van der Waals surface area contributed by atoms with Crippen LogP contribution in [0.4, 0.5) is 0 Å². The summed E-state index contributed by atoms with van der Waals surface area (Å²) in [6, 6.07) is 10.6. The molecule has 0 radical (unpaired) electrons. The van der Waals surface area contributed by atoms with Crippen LogP contribution in [0.5, 0.6) is 0 Å². The third-order valence-corrected chi connectivity index (χ3v) is 4.39. The predicted molar refractivity (Wildman–Crippen MR) is 89.0 cm³/mol. The third kappa shape index (κ3) is 2.85. The number of hydrogen-bond acceptors (Lipinski definition) is 4. The molecule has 0 aliphatic carbocycles. The maximum absolute atomic E-state index is 5.69. The molecule has 4 rings (SSSR count). The molecule has 0 bridgehead atoms. The number of para-hydroxylation sites is 1. The number of nitrogens with one attached hydrogen (secondary N) is 1. The lowest BCUT2D eigenvalue weighted by atomic mass is 10.1. The van der Waals surface area contributed by atoms with E-state index in [0.29, 0.717) is 6.61 Å². The minimum Gasteiger partial charge on any atom is -0.378 e. The molecule has 1 saturated heterocycles. The highest BCUT2D eigenvalue weighted by atomic mass is 16.5. The van der Waals surface area contributed by atoms with Crippen LogP contribution in [0, 0.1) is 6.92 Å². The summed E-state index contributed by atoms with van der Waals surface area (Å²) >= 11 is 0. The van der Waals surface area contributed by atoms with Gasteiger partial charge in [0.05, 0.1) is 24.8 Å². The number of aromatic nitrogens is 3. The fraction of sp³-hybridized carbons (Fsp3) is 0.333. The van der Waals surface area contributed by atoms with Crippen molar-refractivity contribution in [3.63, 3.8) is 0 Å². The summed E-state index contributed by atoms with van der Waals surface area (Å²) < 4.78 is 5.69. The van der Waals surface area contributed by atoms with E-state index < -0.39 is 0 Å². The molecule has 1 unspecified atom stereocenters. The van der Waals surface area contributed by atoms with Crippen LogP contribution >= 0.6 is 0 Å². The van der Waals surface area contributed by atoms with Gasteiger partial charge in [-0.3, -0.25) is 9.88 Å². The van der Waals surface area contributed by atoms with Crippen LogP contribution in [0.2, 0.25) is 0 Å². The van der Waals surface area contributed by atoms with Crippen molar-refractivity contribution in [2.24, 2.45) is 0 Å². The molecule has 1 aromatic carbocycles.